The number of halogens is 1. The topological polar surface area (TPSA) is 41.5 Å². The Morgan fingerprint density at radius 2 is 2.15 bits per heavy atom. The molecule has 0 aromatic heterocycles. The largest absolute Gasteiger partial charge is 0.488 e. The zero-order valence-corrected chi connectivity index (χ0v) is 12.3. The minimum Gasteiger partial charge on any atom is -0.488 e. The summed E-state index contributed by atoms with van der Waals surface area (Å²) in [5.41, 5.74) is 0.897. The molecule has 112 valence electrons. The van der Waals surface area contributed by atoms with Crippen molar-refractivity contribution in [2.75, 3.05) is 19.7 Å². The van der Waals surface area contributed by atoms with Crippen LogP contribution < -0.4 is 10.1 Å². The van der Waals surface area contributed by atoms with Crippen molar-refractivity contribution in [2.24, 2.45) is 5.41 Å². The summed E-state index contributed by atoms with van der Waals surface area (Å²) in [5.74, 6) is 0.579. The fraction of sp³-hybridized carbons (Fsp3) is 0.625. The Labute approximate surface area is 120 Å². The molecule has 0 amide bonds. The average molecular weight is 281 g/mol. The number of aliphatic hydroxyl groups excluding tert-OH is 1. The van der Waals surface area contributed by atoms with Crippen molar-refractivity contribution in [1.29, 1.82) is 0 Å². The lowest BCUT2D eigenvalue weighted by Gasteiger charge is -2.30. The summed E-state index contributed by atoms with van der Waals surface area (Å²) in [7, 11) is 0. The number of ether oxygens (including phenoxy) is 1. The van der Waals surface area contributed by atoms with Gasteiger partial charge in [0.2, 0.25) is 0 Å². The number of fused-ring (bicyclic) bond motifs is 1. The van der Waals surface area contributed by atoms with Crippen molar-refractivity contribution in [3.8, 4) is 5.75 Å². The third-order valence-electron chi connectivity index (χ3n) is 4.47. The molecule has 3 nitrogen and oxygen atoms in total. The highest BCUT2D eigenvalue weighted by atomic mass is 19.1. The van der Waals surface area contributed by atoms with Crippen LogP contribution in [0.25, 0.3) is 0 Å². The van der Waals surface area contributed by atoms with Gasteiger partial charge in [0.05, 0.1) is 0 Å². The molecule has 0 saturated heterocycles. The van der Waals surface area contributed by atoms with Gasteiger partial charge in [0.15, 0.2) is 0 Å². The maximum absolute atomic E-state index is 13.1. The third-order valence-corrected chi connectivity index (χ3v) is 4.47. The van der Waals surface area contributed by atoms with Crippen LogP contribution in [0.15, 0.2) is 18.2 Å². The molecule has 0 radical (unpaired) electrons. The fourth-order valence-corrected chi connectivity index (χ4v) is 2.68. The molecule has 1 aliphatic rings. The predicted octanol–water partition coefficient (Wildman–Crippen LogP) is 2.52. The highest BCUT2D eigenvalue weighted by Crippen LogP contribution is 2.29. The average Bonchev–Trinajstić information content (AvgIpc) is 2.86. The monoisotopic (exact) mass is 281 g/mol. The number of nitrogens with one attached hydrogen (secondary N) is 1. The maximum atomic E-state index is 13.1. The van der Waals surface area contributed by atoms with Crippen LogP contribution in [0.2, 0.25) is 0 Å². The van der Waals surface area contributed by atoms with Crippen LogP contribution >= 0.6 is 0 Å². The minimum absolute atomic E-state index is 0.0441. The molecular weight excluding hydrogens is 257 g/mol. The molecule has 1 atom stereocenters. The number of aliphatic hydroxyl groups is 1. The van der Waals surface area contributed by atoms with E-state index in [1.54, 1.807) is 12.1 Å². The van der Waals surface area contributed by atoms with Crippen molar-refractivity contribution in [3.63, 3.8) is 0 Å². The smallest absolute Gasteiger partial charge is 0.123 e. The van der Waals surface area contributed by atoms with Gasteiger partial charge in [-0.15, -0.1) is 0 Å². The van der Waals surface area contributed by atoms with Gasteiger partial charge >= 0.3 is 0 Å². The van der Waals surface area contributed by atoms with Crippen molar-refractivity contribution in [1.82, 2.24) is 5.32 Å². The van der Waals surface area contributed by atoms with Gasteiger partial charge < -0.3 is 15.2 Å². The van der Waals surface area contributed by atoms with E-state index in [9.17, 15) is 9.50 Å². The molecule has 1 aliphatic heterocycles. The van der Waals surface area contributed by atoms with Gasteiger partial charge in [-0.1, -0.05) is 13.8 Å². The Hall–Kier alpha value is -1.13. The van der Waals surface area contributed by atoms with Crippen LogP contribution in [0.3, 0.4) is 0 Å². The van der Waals surface area contributed by atoms with Crippen LogP contribution in [0.5, 0.6) is 5.75 Å². The van der Waals surface area contributed by atoms with E-state index in [0.29, 0.717) is 0 Å². The lowest BCUT2D eigenvalue weighted by molar-refractivity contribution is 0.108. The first-order chi connectivity index (χ1) is 9.62. The van der Waals surface area contributed by atoms with E-state index in [2.05, 4.69) is 19.2 Å². The molecule has 1 aromatic rings. The highest BCUT2D eigenvalue weighted by molar-refractivity contribution is 5.37. The van der Waals surface area contributed by atoms with Gasteiger partial charge in [0.1, 0.15) is 17.7 Å². The van der Waals surface area contributed by atoms with Crippen molar-refractivity contribution < 1.29 is 14.2 Å². The molecule has 0 aliphatic carbocycles. The first kappa shape index (κ1) is 15.3. The Morgan fingerprint density at radius 3 is 2.80 bits per heavy atom. The zero-order chi connectivity index (χ0) is 14.6. The van der Waals surface area contributed by atoms with E-state index in [4.69, 9.17) is 4.74 Å². The van der Waals surface area contributed by atoms with Crippen LogP contribution in [-0.4, -0.2) is 30.9 Å². The van der Waals surface area contributed by atoms with Gasteiger partial charge in [-0.25, -0.2) is 4.39 Å². The Bertz CT molecular complexity index is 438. The van der Waals surface area contributed by atoms with Gasteiger partial charge in [-0.3, -0.25) is 0 Å². The Balaban J connectivity index is 1.83. The second-order valence-corrected chi connectivity index (χ2v) is 5.69. The first-order valence-corrected chi connectivity index (χ1v) is 7.39. The quantitative estimate of drug-likeness (QED) is 0.807. The molecule has 2 rings (SSSR count). The second-order valence-electron chi connectivity index (χ2n) is 5.69. The van der Waals surface area contributed by atoms with Crippen LogP contribution in [0.1, 0.15) is 32.3 Å². The van der Waals surface area contributed by atoms with Gasteiger partial charge in [-0.2, -0.15) is 0 Å². The van der Waals surface area contributed by atoms with Gasteiger partial charge in [-0.05, 0) is 31.0 Å². The predicted molar refractivity (Wildman–Crippen MR) is 77.5 cm³/mol. The summed E-state index contributed by atoms with van der Waals surface area (Å²) in [6.07, 6.45) is 2.69. The van der Waals surface area contributed by atoms with E-state index >= 15 is 0 Å². The minimum atomic E-state index is -0.211. The summed E-state index contributed by atoms with van der Waals surface area (Å²) in [6, 6.07) is 4.67. The molecule has 0 saturated carbocycles. The van der Waals surface area contributed by atoms with E-state index in [0.717, 1.165) is 43.7 Å². The van der Waals surface area contributed by atoms with Crippen LogP contribution in [-0.2, 0) is 6.42 Å². The number of rotatable bonds is 7. The molecule has 1 unspecified atom stereocenters. The summed E-state index contributed by atoms with van der Waals surface area (Å²) in [4.78, 5) is 0. The van der Waals surface area contributed by atoms with Gasteiger partial charge in [0.25, 0.3) is 0 Å². The fourth-order valence-electron chi connectivity index (χ4n) is 2.68. The summed E-state index contributed by atoms with van der Waals surface area (Å²) < 4.78 is 18.9. The summed E-state index contributed by atoms with van der Waals surface area (Å²) in [5, 5.41) is 12.9. The molecule has 1 heterocycles. The molecule has 0 bridgehead atoms. The SMILES string of the molecule is CCC(CC)(CO)CNCC1Cc2cc(F)ccc2O1. The summed E-state index contributed by atoms with van der Waals surface area (Å²) in [6.45, 7) is 5.90. The van der Waals surface area contributed by atoms with Crippen molar-refractivity contribution in [2.45, 2.75) is 39.2 Å². The van der Waals surface area contributed by atoms with Crippen LogP contribution in [0.4, 0.5) is 4.39 Å². The standard InChI is InChI=1S/C16H24FNO2/c1-3-16(4-2,11-19)10-18-9-14-8-12-7-13(17)5-6-15(12)20-14/h5-7,14,18-19H,3-4,8-11H2,1-2H3. The van der Waals surface area contributed by atoms with Crippen LogP contribution in [0, 0.1) is 11.2 Å². The molecule has 0 spiro atoms. The Morgan fingerprint density at radius 1 is 1.40 bits per heavy atom. The Kier molecular flexibility index (Phi) is 5.00. The molecule has 4 heteroatoms. The molecule has 1 aromatic carbocycles. The normalized spacial score (nSPS) is 17.9. The number of hydrogen-bond acceptors (Lipinski definition) is 3. The van der Waals surface area contributed by atoms with E-state index in [1.165, 1.54) is 6.07 Å². The molecule has 2 N–H and O–H groups in total. The number of hydrogen-bond donors (Lipinski definition) is 2. The molecular formula is C16H24FNO2. The highest BCUT2D eigenvalue weighted by Gasteiger charge is 2.27. The zero-order valence-electron chi connectivity index (χ0n) is 12.3. The second kappa shape index (κ2) is 6.55. The lowest BCUT2D eigenvalue weighted by atomic mass is 9.83. The summed E-state index contributed by atoms with van der Waals surface area (Å²) >= 11 is 0. The third kappa shape index (κ3) is 3.30. The van der Waals surface area contributed by atoms with E-state index in [-0.39, 0.29) is 23.9 Å². The van der Waals surface area contributed by atoms with Crippen molar-refractivity contribution >= 4 is 0 Å². The molecule has 0 fully saturated rings. The maximum Gasteiger partial charge on any atom is 0.123 e. The first-order valence-electron chi connectivity index (χ1n) is 7.39. The van der Waals surface area contributed by atoms with E-state index in [1.807, 2.05) is 0 Å². The lowest BCUT2D eigenvalue weighted by Crippen LogP contribution is -2.40. The van der Waals surface area contributed by atoms with Gasteiger partial charge in [0, 0.05) is 37.1 Å². The number of benzene rings is 1. The van der Waals surface area contributed by atoms with Crippen molar-refractivity contribution in [3.05, 3.63) is 29.6 Å². The van der Waals surface area contributed by atoms with E-state index < -0.39 is 0 Å². The molecule has 20 heavy (non-hydrogen) atoms.